The van der Waals surface area contributed by atoms with Crippen molar-refractivity contribution in [3.63, 3.8) is 0 Å². The molecule has 8 nitrogen and oxygen atoms in total. The van der Waals surface area contributed by atoms with Crippen molar-refractivity contribution in [3.8, 4) is 16.9 Å². The van der Waals surface area contributed by atoms with E-state index in [1.807, 2.05) is 24.5 Å². The minimum absolute atomic E-state index is 0.00662. The van der Waals surface area contributed by atoms with Crippen LogP contribution in [-0.2, 0) is 22.5 Å². The summed E-state index contributed by atoms with van der Waals surface area (Å²) >= 11 is 0. The molecule has 8 heteroatoms. The van der Waals surface area contributed by atoms with Crippen LogP contribution in [-0.4, -0.2) is 48.8 Å². The lowest BCUT2D eigenvalue weighted by Crippen LogP contribution is -2.38. The van der Waals surface area contributed by atoms with Gasteiger partial charge in [-0.1, -0.05) is 39.0 Å². The largest absolute Gasteiger partial charge is 0.493 e. The summed E-state index contributed by atoms with van der Waals surface area (Å²) in [5.74, 6) is 0.565. The zero-order chi connectivity index (χ0) is 25.4. The van der Waals surface area contributed by atoms with E-state index in [1.165, 1.54) is 0 Å². The Bertz CT molecular complexity index is 1160. The number of amides is 1. The van der Waals surface area contributed by atoms with Gasteiger partial charge in [-0.2, -0.15) is 0 Å². The molecule has 0 saturated heterocycles. The third-order valence-corrected chi connectivity index (χ3v) is 5.53. The molecule has 1 amide bonds. The summed E-state index contributed by atoms with van der Waals surface area (Å²) < 4.78 is 13.5. The number of aryl methyl sites for hydroxylation is 1. The maximum atomic E-state index is 12.1. The molecule has 0 saturated carbocycles. The Kier molecular flexibility index (Phi) is 8.87. The highest BCUT2D eigenvalue weighted by molar-refractivity contribution is 5.95. The molecule has 1 aromatic heterocycles. The van der Waals surface area contributed by atoms with E-state index in [4.69, 9.17) is 14.9 Å². The van der Waals surface area contributed by atoms with Crippen molar-refractivity contribution in [3.05, 3.63) is 48.3 Å². The van der Waals surface area contributed by atoms with Gasteiger partial charge in [0.05, 0.1) is 24.0 Å². The first-order chi connectivity index (χ1) is 16.7. The number of hydrogen-bond acceptors (Lipinski definition) is 5. The van der Waals surface area contributed by atoms with Crippen LogP contribution in [0.5, 0.6) is 5.75 Å². The molecule has 3 rings (SSSR count). The van der Waals surface area contributed by atoms with Gasteiger partial charge in [0, 0.05) is 45.7 Å². The summed E-state index contributed by atoms with van der Waals surface area (Å²) in [6.45, 7) is 8.71. The summed E-state index contributed by atoms with van der Waals surface area (Å²) in [4.78, 5) is 16.7. The number of hydrogen-bond donors (Lipinski definition) is 3. The average Bonchev–Trinajstić information content (AvgIpc) is 3.20. The summed E-state index contributed by atoms with van der Waals surface area (Å²) in [7, 11) is 3.28. The molecule has 2 aromatic carbocycles. The number of methoxy groups -OCH3 is 1. The van der Waals surface area contributed by atoms with Gasteiger partial charge >= 0.3 is 0 Å². The molecular weight excluding hydrogens is 442 g/mol. The van der Waals surface area contributed by atoms with Gasteiger partial charge in [0.1, 0.15) is 5.75 Å². The van der Waals surface area contributed by atoms with E-state index >= 15 is 0 Å². The average molecular weight is 480 g/mol. The molecule has 0 aliphatic carbocycles. The Morgan fingerprint density at radius 1 is 1.14 bits per heavy atom. The zero-order valence-electron chi connectivity index (χ0n) is 21.4. The molecule has 3 N–H and O–H groups in total. The molecular formula is C27H37N5O3. The Morgan fingerprint density at radius 3 is 2.66 bits per heavy atom. The van der Waals surface area contributed by atoms with Crippen LogP contribution in [0, 0.1) is 10.8 Å². The molecule has 0 radical (unpaired) electrons. The smallest absolute Gasteiger partial charge is 0.226 e. The highest BCUT2D eigenvalue weighted by Gasteiger charge is 2.15. The zero-order valence-corrected chi connectivity index (χ0v) is 21.4. The van der Waals surface area contributed by atoms with Gasteiger partial charge in [0.2, 0.25) is 5.91 Å². The maximum absolute atomic E-state index is 12.1. The van der Waals surface area contributed by atoms with Gasteiger partial charge in [-0.3, -0.25) is 15.5 Å². The number of ether oxygens (including phenoxy) is 2. The Balaban J connectivity index is 1.84. The van der Waals surface area contributed by atoms with Crippen molar-refractivity contribution in [1.82, 2.24) is 20.2 Å². The first kappa shape index (κ1) is 26.2. The van der Waals surface area contributed by atoms with Gasteiger partial charge in [0.25, 0.3) is 0 Å². The molecule has 0 aliphatic rings. The standard InChI is InChI=1S/C27H37N5O3/c1-27(2,3)17-32-18-30-22-16-20(9-11-23(22)32)21-10-7-19(8-12-25(33)31-26(28)29-4)15-24(21)35-14-6-13-34-5/h7,9-11,15-16,18H,6,8,12-14,17H2,1-5H3,(H3,28,29,31,33). The maximum Gasteiger partial charge on any atom is 0.226 e. The lowest BCUT2D eigenvalue weighted by atomic mass is 9.96. The number of nitrogens with one attached hydrogen (secondary N) is 3. The fourth-order valence-electron chi connectivity index (χ4n) is 3.86. The van der Waals surface area contributed by atoms with Gasteiger partial charge in [0.15, 0.2) is 5.96 Å². The van der Waals surface area contributed by atoms with Crippen LogP contribution >= 0.6 is 0 Å². The van der Waals surface area contributed by atoms with Crippen molar-refractivity contribution in [2.45, 2.75) is 46.6 Å². The highest BCUT2D eigenvalue weighted by Crippen LogP contribution is 2.33. The van der Waals surface area contributed by atoms with Crippen LogP contribution < -0.4 is 15.4 Å². The molecule has 0 fully saturated rings. The summed E-state index contributed by atoms with van der Waals surface area (Å²) in [5.41, 5.74) is 5.24. The number of fused-ring (bicyclic) bond motifs is 1. The number of rotatable bonds is 10. The van der Waals surface area contributed by atoms with Crippen LogP contribution in [0.2, 0.25) is 0 Å². The van der Waals surface area contributed by atoms with E-state index in [-0.39, 0.29) is 23.7 Å². The summed E-state index contributed by atoms with van der Waals surface area (Å²) in [6, 6.07) is 12.4. The normalized spacial score (nSPS) is 11.5. The van der Waals surface area contributed by atoms with E-state index < -0.39 is 0 Å². The minimum atomic E-state index is -0.202. The molecule has 35 heavy (non-hydrogen) atoms. The molecule has 0 unspecified atom stereocenters. The van der Waals surface area contributed by atoms with Crippen molar-refractivity contribution in [2.24, 2.45) is 5.41 Å². The number of guanidine groups is 1. The van der Waals surface area contributed by atoms with Crippen LogP contribution in [0.4, 0.5) is 0 Å². The van der Waals surface area contributed by atoms with Crippen molar-refractivity contribution < 1.29 is 14.3 Å². The fourth-order valence-corrected chi connectivity index (χ4v) is 3.86. The van der Waals surface area contributed by atoms with Crippen LogP contribution in [0.1, 0.15) is 39.2 Å². The first-order valence-corrected chi connectivity index (χ1v) is 12.0. The molecule has 0 bridgehead atoms. The number of imidazole rings is 1. The summed E-state index contributed by atoms with van der Waals surface area (Å²) in [5, 5.41) is 12.7. The lowest BCUT2D eigenvalue weighted by molar-refractivity contribution is -0.119. The summed E-state index contributed by atoms with van der Waals surface area (Å²) in [6.07, 6.45) is 3.52. The molecule has 3 aromatic rings. The number of carbonyl (C=O) groups excluding carboxylic acids is 1. The van der Waals surface area contributed by atoms with Gasteiger partial charge in [-0.15, -0.1) is 0 Å². The predicted molar refractivity (Wildman–Crippen MR) is 140 cm³/mol. The monoisotopic (exact) mass is 479 g/mol. The van der Waals surface area contributed by atoms with Crippen molar-refractivity contribution in [2.75, 3.05) is 27.4 Å². The Hall–Kier alpha value is -3.39. The molecule has 0 spiro atoms. The number of benzene rings is 2. The Labute approximate surface area is 207 Å². The van der Waals surface area contributed by atoms with Crippen molar-refractivity contribution in [1.29, 1.82) is 5.41 Å². The van der Waals surface area contributed by atoms with E-state index in [9.17, 15) is 4.79 Å². The SMILES string of the molecule is CNC(=N)NC(=O)CCc1ccc(-c2ccc3c(c2)ncn3CC(C)(C)C)c(OCCCOC)c1. The third kappa shape index (κ3) is 7.55. The number of carbonyl (C=O) groups is 1. The second-order valence-corrected chi connectivity index (χ2v) is 9.84. The second kappa shape index (κ2) is 11.8. The van der Waals surface area contributed by atoms with Gasteiger partial charge < -0.3 is 19.4 Å². The molecule has 0 aliphatic heterocycles. The number of aromatic nitrogens is 2. The van der Waals surface area contributed by atoms with E-state index in [0.717, 1.165) is 46.4 Å². The fraction of sp³-hybridized carbons (Fsp3) is 0.444. The number of nitrogens with zero attached hydrogens (tertiary/aromatic N) is 2. The van der Waals surface area contributed by atoms with Crippen LogP contribution in [0.3, 0.4) is 0 Å². The molecule has 1 heterocycles. The third-order valence-electron chi connectivity index (χ3n) is 5.53. The first-order valence-electron chi connectivity index (χ1n) is 12.0. The minimum Gasteiger partial charge on any atom is -0.493 e. The lowest BCUT2D eigenvalue weighted by Gasteiger charge is -2.19. The topological polar surface area (TPSA) is 101 Å². The highest BCUT2D eigenvalue weighted by atomic mass is 16.5. The van der Waals surface area contributed by atoms with Gasteiger partial charge in [-0.25, -0.2) is 4.98 Å². The van der Waals surface area contributed by atoms with E-state index in [1.54, 1.807) is 14.2 Å². The quantitative estimate of drug-likeness (QED) is 0.228. The van der Waals surface area contributed by atoms with E-state index in [0.29, 0.717) is 19.6 Å². The predicted octanol–water partition coefficient (Wildman–Crippen LogP) is 4.37. The molecule has 188 valence electrons. The molecule has 0 atom stereocenters. The van der Waals surface area contributed by atoms with Crippen LogP contribution in [0.15, 0.2) is 42.7 Å². The second-order valence-electron chi connectivity index (χ2n) is 9.84. The Morgan fingerprint density at radius 2 is 1.94 bits per heavy atom. The van der Waals surface area contributed by atoms with Crippen molar-refractivity contribution >= 4 is 22.9 Å². The van der Waals surface area contributed by atoms with E-state index in [2.05, 4.69) is 59.2 Å². The van der Waals surface area contributed by atoms with Gasteiger partial charge in [-0.05, 0) is 41.2 Å². The van der Waals surface area contributed by atoms with Crippen LogP contribution in [0.25, 0.3) is 22.2 Å².